The molecule has 0 aliphatic rings. The van der Waals surface area contributed by atoms with Crippen molar-refractivity contribution in [1.29, 1.82) is 0 Å². The van der Waals surface area contributed by atoms with Crippen LogP contribution in [0.5, 0.6) is 0 Å². The number of rotatable bonds is 44. The summed E-state index contributed by atoms with van der Waals surface area (Å²) in [4.78, 5) is 46.0. The van der Waals surface area contributed by atoms with Gasteiger partial charge in [-0.25, -0.2) is 4.57 Å². The van der Waals surface area contributed by atoms with Gasteiger partial charge in [0.2, 0.25) is 0 Å². The molecule has 0 bridgehead atoms. The monoisotopic (exact) mass is 842 g/mol. The first-order valence-electron chi connectivity index (χ1n) is 23.0. The Bertz CT molecular complexity index is 1110. The SMILES string of the molecule is C=CCCCCCCCCCCCCCCCC(=O)O[C@H](COC(=O)CCCCCCCCCCC/C=C/C/C=C/CCCCC)COP(=O)(O)OC[C@H](N)C(=O)O. The van der Waals surface area contributed by atoms with Crippen molar-refractivity contribution in [1.82, 2.24) is 0 Å². The molecule has 0 fully saturated rings. The van der Waals surface area contributed by atoms with Crippen LogP contribution < -0.4 is 5.73 Å². The number of phosphoric acid groups is 1. The lowest BCUT2D eigenvalue weighted by atomic mass is 10.0. The Balaban J connectivity index is 4.29. The van der Waals surface area contributed by atoms with Crippen molar-refractivity contribution in [3.63, 3.8) is 0 Å². The highest BCUT2D eigenvalue weighted by atomic mass is 31.2. The van der Waals surface area contributed by atoms with E-state index in [0.717, 1.165) is 57.8 Å². The lowest BCUT2D eigenvalue weighted by molar-refractivity contribution is -0.161. The van der Waals surface area contributed by atoms with Gasteiger partial charge in [-0.1, -0.05) is 166 Å². The highest BCUT2D eigenvalue weighted by Crippen LogP contribution is 2.43. The molecule has 12 heteroatoms. The summed E-state index contributed by atoms with van der Waals surface area (Å²) >= 11 is 0. The number of allylic oxidation sites excluding steroid dienone is 5. The van der Waals surface area contributed by atoms with Crippen LogP contribution in [0.25, 0.3) is 0 Å². The second-order valence-electron chi connectivity index (χ2n) is 15.6. The molecule has 0 rings (SSSR count). The maximum absolute atomic E-state index is 12.6. The Morgan fingerprint density at radius 3 is 1.47 bits per heavy atom. The molecule has 0 aliphatic carbocycles. The Morgan fingerprint density at radius 2 is 1.00 bits per heavy atom. The minimum absolute atomic E-state index is 0.159. The van der Waals surface area contributed by atoms with Gasteiger partial charge in [0.25, 0.3) is 0 Å². The fourth-order valence-corrected chi connectivity index (χ4v) is 7.15. The second kappa shape index (κ2) is 41.4. The van der Waals surface area contributed by atoms with Gasteiger partial charge in [0.1, 0.15) is 12.6 Å². The Kier molecular flexibility index (Phi) is 39.8. The lowest BCUT2D eigenvalue weighted by Crippen LogP contribution is -2.34. The van der Waals surface area contributed by atoms with E-state index in [1.165, 1.54) is 116 Å². The molecule has 0 heterocycles. The number of carboxylic acid groups (broad SMARTS) is 1. The van der Waals surface area contributed by atoms with Gasteiger partial charge in [0, 0.05) is 12.8 Å². The molecule has 338 valence electrons. The van der Waals surface area contributed by atoms with Crippen molar-refractivity contribution in [2.45, 2.75) is 218 Å². The van der Waals surface area contributed by atoms with Gasteiger partial charge in [-0.15, -0.1) is 6.58 Å². The molecule has 0 aromatic rings. The van der Waals surface area contributed by atoms with Gasteiger partial charge in [-0.2, -0.15) is 0 Å². The van der Waals surface area contributed by atoms with E-state index in [4.69, 9.17) is 24.8 Å². The molecule has 0 radical (unpaired) electrons. The first-order valence-corrected chi connectivity index (χ1v) is 24.5. The molecular weight excluding hydrogens is 757 g/mol. The van der Waals surface area contributed by atoms with Gasteiger partial charge in [0.15, 0.2) is 6.10 Å². The molecule has 0 aliphatic heterocycles. The van der Waals surface area contributed by atoms with Crippen LogP contribution in [0.15, 0.2) is 37.0 Å². The van der Waals surface area contributed by atoms with E-state index in [1.807, 2.05) is 6.08 Å². The number of unbranched alkanes of at least 4 members (excludes halogenated alkanes) is 25. The van der Waals surface area contributed by atoms with E-state index in [0.29, 0.717) is 12.8 Å². The normalized spacial score (nSPS) is 13.8. The molecule has 0 spiro atoms. The van der Waals surface area contributed by atoms with E-state index >= 15 is 0 Å². The predicted octanol–water partition coefficient (Wildman–Crippen LogP) is 12.4. The standard InChI is InChI=1S/C46H84NO10P/c1-3-5-7-9-11-13-15-17-19-20-21-22-24-25-27-29-31-33-35-37-44(48)54-39-42(40-55-58(52,53)56-41-43(47)46(50)51)57-45(49)38-36-34-32-30-28-26-23-18-16-14-12-10-8-6-4-2/h4,11,13,17,19,42-43H,2-3,5-10,12,14-16,18,20-41,47H2,1H3,(H,50,51)(H,52,53)/b13-11+,19-17+/t42-,43+/m1/s1. The summed E-state index contributed by atoms with van der Waals surface area (Å²) in [6, 6.07) is -1.52. The van der Waals surface area contributed by atoms with Crippen molar-refractivity contribution >= 4 is 25.7 Å². The van der Waals surface area contributed by atoms with Crippen molar-refractivity contribution in [2.24, 2.45) is 5.73 Å². The van der Waals surface area contributed by atoms with Crippen LogP contribution in [-0.4, -0.2) is 59.9 Å². The van der Waals surface area contributed by atoms with Crippen LogP contribution in [0.3, 0.4) is 0 Å². The van der Waals surface area contributed by atoms with Gasteiger partial charge in [-0.05, 0) is 57.8 Å². The van der Waals surface area contributed by atoms with E-state index in [9.17, 15) is 23.8 Å². The molecule has 0 aromatic carbocycles. The van der Waals surface area contributed by atoms with Crippen LogP contribution in [0.1, 0.15) is 206 Å². The summed E-state index contributed by atoms with van der Waals surface area (Å²) in [5, 5.41) is 8.90. The van der Waals surface area contributed by atoms with E-state index < -0.39 is 51.1 Å². The molecule has 58 heavy (non-hydrogen) atoms. The highest BCUT2D eigenvalue weighted by molar-refractivity contribution is 7.47. The number of carbonyl (C=O) groups is 3. The summed E-state index contributed by atoms with van der Waals surface area (Å²) in [5.41, 5.74) is 5.34. The zero-order chi connectivity index (χ0) is 42.8. The van der Waals surface area contributed by atoms with Crippen molar-refractivity contribution in [2.75, 3.05) is 19.8 Å². The van der Waals surface area contributed by atoms with Gasteiger partial charge in [-0.3, -0.25) is 23.4 Å². The molecule has 11 nitrogen and oxygen atoms in total. The van der Waals surface area contributed by atoms with Crippen LogP contribution in [0.2, 0.25) is 0 Å². The first-order chi connectivity index (χ1) is 28.1. The van der Waals surface area contributed by atoms with Crippen LogP contribution in [0.4, 0.5) is 0 Å². The van der Waals surface area contributed by atoms with Gasteiger partial charge < -0.3 is 25.2 Å². The molecule has 0 saturated carbocycles. The zero-order valence-corrected chi connectivity index (χ0v) is 37.4. The number of ether oxygens (including phenoxy) is 2. The Hall–Kier alpha value is -2.30. The smallest absolute Gasteiger partial charge is 0.472 e. The molecule has 0 saturated heterocycles. The minimum atomic E-state index is -4.72. The third-order valence-electron chi connectivity index (χ3n) is 10.0. The average Bonchev–Trinajstić information content (AvgIpc) is 3.20. The number of aliphatic carboxylic acids is 1. The summed E-state index contributed by atoms with van der Waals surface area (Å²) in [6.45, 7) is 4.31. The van der Waals surface area contributed by atoms with Crippen molar-refractivity contribution in [3.8, 4) is 0 Å². The number of esters is 2. The maximum Gasteiger partial charge on any atom is 0.472 e. The predicted molar refractivity (Wildman–Crippen MR) is 235 cm³/mol. The number of hydrogen-bond acceptors (Lipinski definition) is 9. The Morgan fingerprint density at radius 1 is 0.586 bits per heavy atom. The molecular formula is C46H84NO10P. The van der Waals surface area contributed by atoms with Crippen LogP contribution >= 0.6 is 7.82 Å². The van der Waals surface area contributed by atoms with Crippen LogP contribution in [0, 0.1) is 0 Å². The lowest BCUT2D eigenvalue weighted by Gasteiger charge is -2.20. The fraction of sp³-hybridized carbons (Fsp3) is 0.804. The highest BCUT2D eigenvalue weighted by Gasteiger charge is 2.28. The van der Waals surface area contributed by atoms with E-state index in [2.05, 4.69) is 42.3 Å². The average molecular weight is 842 g/mol. The molecule has 1 unspecified atom stereocenters. The summed E-state index contributed by atoms with van der Waals surface area (Å²) in [6.07, 6.45) is 43.8. The van der Waals surface area contributed by atoms with Gasteiger partial charge in [0.05, 0.1) is 13.2 Å². The minimum Gasteiger partial charge on any atom is -0.480 e. The largest absolute Gasteiger partial charge is 0.480 e. The topological polar surface area (TPSA) is 172 Å². The quantitative estimate of drug-likeness (QED) is 0.0231. The summed E-state index contributed by atoms with van der Waals surface area (Å²) in [5.74, 6) is -2.38. The fourth-order valence-electron chi connectivity index (χ4n) is 6.37. The number of carboxylic acids is 1. The molecule has 4 N–H and O–H groups in total. The van der Waals surface area contributed by atoms with Crippen molar-refractivity contribution < 1.29 is 47.5 Å². The van der Waals surface area contributed by atoms with Crippen molar-refractivity contribution in [3.05, 3.63) is 37.0 Å². The number of nitrogens with two attached hydrogens (primary N) is 1. The molecule has 3 atom stereocenters. The Labute approximate surface area is 353 Å². The maximum atomic E-state index is 12.6. The molecule has 0 amide bonds. The first kappa shape index (κ1) is 55.7. The van der Waals surface area contributed by atoms with Crippen LogP contribution in [-0.2, 0) is 37.5 Å². The third-order valence-corrected chi connectivity index (χ3v) is 11.0. The summed E-state index contributed by atoms with van der Waals surface area (Å²) in [7, 11) is -4.72. The zero-order valence-electron chi connectivity index (χ0n) is 36.5. The number of carbonyl (C=O) groups excluding carboxylic acids is 2. The van der Waals surface area contributed by atoms with E-state index in [1.54, 1.807) is 0 Å². The number of hydrogen-bond donors (Lipinski definition) is 3. The van der Waals surface area contributed by atoms with E-state index in [-0.39, 0.29) is 19.4 Å². The van der Waals surface area contributed by atoms with Gasteiger partial charge >= 0.3 is 25.7 Å². The molecule has 0 aromatic heterocycles. The second-order valence-corrected chi connectivity index (χ2v) is 17.1. The number of phosphoric ester groups is 1. The summed E-state index contributed by atoms with van der Waals surface area (Å²) < 4.78 is 32.7. The third kappa shape index (κ3) is 40.5.